The molecule has 1 aliphatic rings. The summed E-state index contributed by atoms with van der Waals surface area (Å²) in [6, 6.07) is 10.9. The molecule has 140 valence electrons. The number of rotatable bonds is 5. The zero-order chi connectivity index (χ0) is 18.8. The van der Waals surface area contributed by atoms with Crippen LogP contribution in [-0.2, 0) is 15.4 Å². The maximum Gasteiger partial charge on any atom is 0.243 e. The zero-order valence-corrected chi connectivity index (χ0v) is 16.5. The predicted octanol–water partition coefficient (Wildman–Crippen LogP) is 3.10. The number of sulfonamides is 1. The van der Waals surface area contributed by atoms with Crippen LogP contribution in [0.1, 0.15) is 44.4 Å². The molecule has 2 aromatic rings. The summed E-state index contributed by atoms with van der Waals surface area (Å²) in [5, 5.41) is 3.29. The van der Waals surface area contributed by atoms with Crippen LogP contribution in [0.5, 0.6) is 0 Å². The van der Waals surface area contributed by atoms with E-state index in [1.807, 2.05) is 24.3 Å². The van der Waals surface area contributed by atoms with Crippen molar-refractivity contribution in [3.8, 4) is 0 Å². The van der Waals surface area contributed by atoms with Gasteiger partial charge in [-0.15, -0.1) is 0 Å². The summed E-state index contributed by atoms with van der Waals surface area (Å²) in [5.74, 6) is 0. The molecule has 0 amide bonds. The van der Waals surface area contributed by atoms with Gasteiger partial charge in [0.1, 0.15) is 0 Å². The molecule has 1 atom stereocenters. The van der Waals surface area contributed by atoms with Gasteiger partial charge < -0.3 is 5.32 Å². The summed E-state index contributed by atoms with van der Waals surface area (Å²) in [5.41, 5.74) is 2.10. The fourth-order valence-electron chi connectivity index (χ4n) is 3.25. The number of aromatic nitrogens is 1. The minimum absolute atomic E-state index is 0.0373. The van der Waals surface area contributed by atoms with Crippen molar-refractivity contribution in [2.45, 2.75) is 43.5 Å². The normalized spacial score (nSPS) is 19.4. The summed E-state index contributed by atoms with van der Waals surface area (Å²) < 4.78 is 28.2. The summed E-state index contributed by atoms with van der Waals surface area (Å²) in [6.45, 7) is 8.17. The van der Waals surface area contributed by atoms with E-state index in [-0.39, 0.29) is 11.5 Å². The van der Waals surface area contributed by atoms with Crippen LogP contribution < -0.4 is 5.32 Å². The Morgan fingerprint density at radius 3 is 2.58 bits per heavy atom. The number of pyridine rings is 1. The fourth-order valence-corrected chi connectivity index (χ4v) is 4.86. The van der Waals surface area contributed by atoms with Gasteiger partial charge in [0, 0.05) is 32.0 Å². The van der Waals surface area contributed by atoms with Crippen molar-refractivity contribution in [2.24, 2.45) is 0 Å². The van der Waals surface area contributed by atoms with E-state index in [1.54, 1.807) is 28.8 Å². The third-order valence-electron chi connectivity index (χ3n) is 5.39. The lowest BCUT2D eigenvalue weighted by molar-refractivity contribution is 0.271. The summed E-state index contributed by atoms with van der Waals surface area (Å²) in [7, 11) is -3.56. The Bertz CT molecular complexity index is 833. The second kappa shape index (κ2) is 7.47. The van der Waals surface area contributed by atoms with Crippen LogP contribution in [0, 0.1) is 0 Å². The van der Waals surface area contributed by atoms with E-state index in [0.29, 0.717) is 24.5 Å². The molecule has 1 N–H and O–H groups in total. The standard InChI is InChI=1S/C20H27N3O2S/c1-4-20(2,3)17-7-9-18(10-8-17)26(24,25)23-13-12-22-15-19(23)16-6-5-11-21-14-16/h5-11,14,19,22H,4,12-13,15H2,1-3H3. The molecule has 1 aliphatic heterocycles. The Labute approximate surface area is 156 Å². The van der Waals surface area contributed by atoms with Crippen molar-refractivity contribution in [1.82, 2.24) is 14.6 Å². The molecule has 0 saturated carbocycles. The summed E-state index contributed by atoms with van der Waals surface area (Å²) in [6.07, 6.45) is 4.44. The van der Waals surface area contributed by atoms with Crippen molar-refractivity contribution < 1.29 is 8.42 Å². The highest BCUT2D eigenvalue weighted by molar-refractivity contribution is 7.89. The van der Waals surface area contributed by atoms with Crippen LogP contribution in [-0.4, -0.2) is 37.3 Å². The van der Waals surface area contributed by atoms with E-state index in [4.69, 9.17) is 0 Å². The number of nitrogens with zero attached hydrogens (tertiary/aromatic N) is 2. The minimum atomic E-state index is -3.56. The average molecular weight is 374 g/mol. The van der Waals surface area contributed by atoms with Crippen LogP contribution in [0.4, 0.5) is 0 Å². The molecule has 3 rings (SSSR count). The first-order valence-electron chi connectivity index (χ1n) is 9.09. The average Bonchev–Trinajstić information content (AvgIpc) is 2.69. The summed E-state index contributed by atoms with van der Waals surface area (Å²) in [4.78, 5) is 4.50. The van der Waals surface area contributed by atoms with Crippen molar-refractivity contribution in [3.05, 3.63) is 59.9 Å². The number of benzene rings is 1. The van der Waals surface area contributed by atoms with E-state index in [0.717, 1.165) is 17.5 Å². The Balaban J connectivity index is 1.93. The van der Waals surface area contributed by atoms with Gasteiger partial charge in [0.15, 0.2) is 0 Å². The van der Waals surface area contributed by atoms with Crippen LogP contribution in [0.15, 0.2) is 53.7 Å². The third kappa shape index (κ3) is 3.68. The Morgan fingerprint density at radius 2 is 1.96 bits per heavy atom. The molecular formula is C20H27N3O2S. The number of nitrogens with one attached hydrogen (secondary N) is 1. The second-order valence-electron chi connectivity index (χ2n) is 7.38. The van der Waals surface area contributed by atoms with Gasteiger partial charge in [0.2, 0.25) is 10.0 Å². The summed E-state index contributed by atoms with van der Waals surface area (Å²) >= 11 is 0. The van der Waals surface area contributed by atoms with Gasteiger partial charge in [-0.1, -0.05) is 39.0 Å². The molecule has 6 heteroatoms. The predicted molar refractivity (Wildman–Crippen MR) is 103 cm³/mol. The van der Waals surface area contributed by atoms with Gasteiger partial charge >= 0.3 is 0 Å². The first kappa shape index (κ1) is 19.0. The number of hydrogen-bond acceptors (Lipinski definition) is 4. The third-order valence-corrected chi connectivity index (χ3v) is 7.31. The van der Waals surface area contributed by atoms with E-state index in [9.17, 15) is 8.42 Å². The molecule has 1 unspecified atom stereocenters. The molecule has 0 radical (unpaired) electrons. The highest BCUT2D eigenvalue weighted by Gasteiger charge is 2.34. The Hall–Kier alpha value is -1.76. The molecule has 26 heavy (non-hydrogen) atoms. The van der Waals surface area contributed by atoms with Gasteiger partial charge in [0.25, 0.3) is 0 Å². The first-order chi connectivity index (χ1) is 12.4. The van der Waals surface area contributed by atoms with Crippen molar-refractivity contribution in [1.29, 1.82) is 0 Å². The van der Waals surface area contributed by atoms with Crippen molar-refractivity contribution in [2.75, 3.05) is 19.6 Å². The Kier molecular flexibility index (Phi) is 5.46. The van der Waals surface area contributed by atoms with Gasteiger partial charge in [-0.05, 0) is 41.2 Å². The van der Waals surface area contributed by atoms with Crippen LogP contribution in [0.2, 0.25) is 0 Å². The largest absolute Gasteiger partial charge is 0.313 e. The fraction of sp³-hybridized carbons (Fsp3) is 0.450. The minimum Gasteiger partial charge on any atom is -0.313 e. The first-order valence-corrected chi connectivity index (χ1v) is 10.5. The lowest BCUT2D eigenvalue weighted by Crippen LogP contribution is -2.48. The van der Waals surface area contributed by atoms with Crippen molar-refractivity contribution in [3.63, 3.8) is 0 Å². The SMILES string of the molecule is CCC(C)(C)c1ccc(S(=O)(=O)N2CCNCC2c2cccnc2)cc1. The maximum absolute atomic E-state index is 13.3. The zero-order valence-electron chi connectivity index (χ0n) is 15.6. The topological polar surface area (TPSA) is 62.3 Å². The van der Waals surface area contributed by atoms with Crippen molar-refractivity contribution >= 4 is 10.0 Å². The Morgan fingerprint density at radius 1 is 1.23 bits per heavy atom. The van der Waals surface area contributed by atoms with Crippen LogP contribution >= 0.6 is 0 Å². The molecule has 1 aromatic heterocycles. The maximum atomic E-state index is 13.3. The molecule has 0 aliphatic carbocycles. The number of piperazine rings is 1. The quantitative estimate of drug-likeness (QED) is 0.875. The highest BCUT2D eigenvalue weighted by atomic mass is 32.2. The van der Waals surface area contributed by atoms with E-state index < -0.39 is 10.0 Å². The molecule has 5 nitrogen and oxygen atoms in total. The molecule has 1 saturated heterocycles. The molecule has 0 spiro atoms. The van der Waals surface area contributed by atoms with Gasteiger partial charge in [-0.3, -0.25) is 4.98 Å². The molecule has 2 heterocycles. The van der Waals surface area contributed by atoms with Crippen LogP contribution in [0.25, 0.3) is 0 Å². The highest BCUT2D eigenvalue weighted by Crippen LogP contribution is 2.31. The molecule has 1 fully saturated rings. The lowest BCUT2D eigenvalue weighted by atomic mass is 9.82. The van der Waals surface area contributed by atoms with E-state index in [2.05, 4.69) is 31.1 Å². The second-order valence-corrected chi connectivity index (χ2v) is 9.27. The molecule has 1 aromatic carbocycles. The van der Waals surface area contributed by atoms with Gasteiger partial charge in [0.05, 0.1) is 10.9 Å². The van der Waals surface area contributed by atoms with Gasteiger partial charge in [-0.25, -0.2) is 8.42 Å². The van der Waals surface area contributed by atoms with E-state index >= 15 is 0 Å². The van der Waals surface area contributed by atoms with E-state index in [1.165, 1.54) is 0 Å². The van der Waals surface area contributed by atoms with Gasteiger partial charge in [-0.2, -0.15) is 4.31 Å². The molecule has 0 bridgehead atoms. The number of hydrogen-bond donors (Lipinski definition) is 1. The smallest absolute Gasteiger partial charge is 0.243 e. The lowest BCUT2D eigenvalue weighted by Gasteiger charge is -2.35. The monoisotopic (exact) mass is 373 g/mol. The van der Waals surface area contributed by atoms with Crippen LogP contribution in [0.3, 0.4) is 0 Å². The molecular weight excluding hydrogens is 346 g/mol.